The van der Waals surface area contributed by atoms with E-state index in [0.717, 1.165) is 30.6 Å². The molecule has 1 aliphatic carbocycles. The molecule has 1 N–H and O–H groups in total. The van der Waals surface area contributed by atoms with Crippen molar-refractivity contribution >= 4 is 29.3 Å². The first-order valence-corrected chi connectivity index (χ1v) is 6.50. The van der Waals surface area contributed by atoms with Crippen LogP contribution in [0.5, 0.6) is 0 Å². The van der Waals surface area contributed by atoms with E-state index in [1.165, 1.54) is 11.8 Å². The SMILES string of the molecule is O=C(O)C1(Sc2ccccc2Cl)CCCC1. The number of carboxylic acid groups (broad SMARTS) is 1. The van der Waals surface area contributed by atoms with Crippen molar-refractivity contribution in [2.45, 2.75) is 35.3 Å². The van der Waals surface area contributed by atoms with Gasteiger partial charge >= 0.3 is 5.97 Å². The van der Waals surface area contributed by atoms with Gasteiger partial charge in [-0.15, -0.1) is 11.8 Å². The maximum absolute atomic E-state index is 11.4. The fourth-order valence-corrected chi connectivity index (χ4v) is 3.61. The van der Waals surface area contributed by atoms with Gasteiger partial charge in [0.05, 0.1) is 5.02 Å². The van der Waals surface area contributed by atoms with Gasteiger partial charge in [0.2, 0.25) is 0 Å². The Morgan fingerprint density at radius 3 is 2.50 bits per heavy atom. The molecule has 0 aromatic heterocycles. The van der Waals surface area contributed by atoms with E-state index in [9.17, 15) is 9.90 Å². The van der Waals surface area contributed by atoms with E-state index in [1.807, 2.05) is 18.2 Å². The highest BCUT2D eigenvalue weighted by molar-refractivity contribution is 8.01. The predicted octanol–water partition coefficient (Wildman–Crippen LogP) is 3.83. The molecule has 0 atom stereocenters. The Hall–Kier alpha value is -0.670. The second kappa shape index (κ2) is 4.68. The van der Waals surface area contributed by atoms with E-state index in [4.69, 9.17) is 11.6 Å². The van der Waals surface area contributed by atoms with Crippen LogP contribution in [-0.2, 0) is 4.79 Å². The van der Waals surface area contributed by atoms with Crippen molar-refractivity contribution in [1.29, 1.82) is 0 Å². The fraction of sp³-hybridized carbons (Fsp3) is 0.417. The summed E-state index contributed by atoms with van der Waals surface area (Å²) in [6.07, 6.45) is 3.45. The molecule has 0 spiro atoms. The van der Waals surface area contributed by atoms with Gasteiger partial charge in [0.15, 0.2) is 0 Å². The summed E-state index contributed by atoms with van der Waals surface area (Å²) in [7, 11) is 0. The van der Waals surface area contributed by atoms with Gasteiger partial charge in [-0.1, -0.05) is 36.6 Å². The van der Waals surface area contributed by atoms with Crippen LogP contribution >= 0.6 is 23.4 Å². The summed E-state index contributed by atoms with van der Waals surface area (Å²) in [5.74, 6) is -0.713. The number of rotatable bonds is 3. The van der Waals surface area contributed by atoms with Crippen molar-refractivity contribution in [1.82, 2.24) is 0 Å². The first-order chi connectivity index (χ1) is 7.64. The molecule has 0 heterocycles. The smallest absolute Gasteiger partial charge is 0.320 e. The summed E-state index contributed by atoms with van der Waals surface area (Å²) < 4.78 is -0.662. The normalized spacial score (nSPS) is 18.6. The molecule has 0 aliphatic heterocycles. The number of aliphatic carboxylic acids is 1. The van der Waals surface area contributed by atoms with Crippen LogP contribution in [0.3, 0.4) is 0 Å². The number of hydrogen-bond acceptors (Lipinski definition) is 2. The Labute approximate surface area is 104 Å². The van der Waals surface area contributed by atoms with Gasteiger partial charge in [-0.25, -0.2) is 0 Å². The Bertz CT molecular complexity index is 400. The van der Waals surface area contributed by atoms with Gasteiger partial charge in [0, 0.05) is 4.90 Å². The summed E-state index contributed by atoms with van der Waals surface area (Å²) in [6.45, 7) is 0. The summed E-state index contributed by atoms with van der Waals surface area (Å²) in [4.78, 5) is 12.2. The van der Waals surface area contributed by atoms with Crippen LogP contribution in [0.4, 0.5) is 0 Å². The zero-order chi connectivity index (χ0) is 11.6. The number of benzene rings is 1. The van der Waals surface area contributed by atoms with Gasteiger partial charge < -0.3 is 5.11 Å². The van der Waals surface area contributed by atoms with E-state index >= 15 is 0 Å². The van der Waals surface area contributed by atoms with Gasteiger partial charge in [-0.05, 0) is 25.0 Å². The van der Waals surface area contributed by atoms with E-state index < -0.39 is 10.7 Å². The van der Waals surface area contributed by atoms with Gasteiger partial charge in [-0.3, -0.25) is 4.79 Å². The van der Waals surface area contributed by atoms with Crippen molar-refractivity contribution in [3.8, 4) is 0 Å². The lowest BCUT2D eigenvalue weighted by Crippen LogP contribution is -2.31. The van der Waals surface area contributed by atoms with E-state index in [1.54, 1.807) is 6.07 Å². The van der Waals surface area contributed by atoms with Crippen LogP contribution in [0, 0.1) is 0 Å². The number of carbonyl (C=O) groups is 1. The van der Waals surface area contributed by atoms with Crippen LogP contribution in [0.2, 0.25) is 5.02 Å². The fourth-order valence-electron chi connectivity index (χ4n) is 2.04. The minimum absolute atomic E-state index is 0.639. The molecule has 2 nitrogen and oxygen atoms in total. The van der Waals surface area contributed by atoms with Gasteiger partial charge in [0.1, 0.15) is 4.75 Å². The molecule has 0 unspecified atom stereocenters. The van der Waals surface area contributed by atoms with Crippen LogP contribution in [0.25, 0.3) is 0 Å². The third-order valence-corrected chi connectivity index (χ3v) is 4.93. The lowest BCUT2D eigenvalue weighted by atomic mass is 10.1. The first-order valence-electron chi connectivity index (χ1n) is 5.31. The zero-order valence-corrected chi connectivity index (χ0v) is 10.4. The average Bonchev–Trinajstić information content (AvgIpc) is 2.71. The average molecular weight is 257 g/mol. The van der Waals surface area contributed by atoms with Crippen molar-refractivity contribution in [3.63, 3.8) is 0 Å². The van der Waals surface area contributed by atoms with Crippen molar-refractivity contribution in [2.24, 2.45) is 0 Å². The standard InChI is InChI=1S/C12H13ClO2S/c13-9-5-1-2-6-10(9)16-12(11(14)15)7-3-4-8-12/h1-2,5-6H,3-4,7-8H2,(H,14,15). The Kier molecular flexibility index (Phi) is 3.45. The predicted molar refractivity (Wildman–Crippen MR) is 66.1 cm³/mol. The molecular weight excluding hydrogens is 244 g/mol. The molecule has 0 saturated heterocycles. The summed E-state index contributed by atoms with van der Waals surface area (Å²) >= 11 is 7.46. The lowest BCUT2D eigenvalue weighted by molar-refractivity contribution is -0.139. The summed E-state index contributed by atoms with van der Waals surface area (Å²) in [6, 6.07) is 7.43. The lowest BCUT2D eigenvalue weighted by Gasteiger charge is -2.23. The quantitative estimate of drug-likeness (QED) is 0.893. The molecule has 4 heteroatoms. The maximum Gasteiger partial charge on any atom is 0.320 e. The van der Waals surface area contributed by atoms with Gasteiger partial charge in [0.25, 0.3) is 0 Å². The highest BCUT2D eigenvalue weighted by atomic mass is 35.5. The third kappa shape index (κ3) is 2.20. The highest BCUT2D eigenvalue weighted by Crippen LogP contribution is 2.47. The van der Waals surface area contributed by atoms with Crippen molar-refractivity contribution in [2.75, 3.05) is 0 Å². The van der Waals surface area contributed by atoms with Crippen LogP contribution in [0.15, 0.2) is 29.2 Å². The third-order valence-electron chi connectivity index (χ3n) is 2.94. The maximum atomic E-state index is 11.4. The number of hydrogen-bond donors (Lipinski definition) is 1. The molecule has 1 fully saturated rings. The molecule has 1 aromatic rings. The Morgan fingerprint density at radius 2 is 1.94 bits per heavy atom. The molecular formula is C12H13ClO2S. The molecule has 0 bridgehead atoms. The van der Waals surface area contributed by atoms with E-state index in [-0.39, 0.29) is 0 Å². The number of thioether (sulfide) groups is 1. The molecule has 86 valence electrons. The molecule has 2 rings (SSSR count). The summed E-state index contributed by atoms with van der Waals surface area (Å²) in [5.41, 5.74) is 0. The van der Waals surface area contributed by atoms with Crippen molar-refractivity contribution < 1.29 is 9.90 Å². The molecule has 0 amide bonds. The van der Waals surface area contributed by atoms with Crippen LogP contribution in [-0.4, -0.2) is 15.8 Å². The van der Waals surface area contributed by atoms with E-state index in [0.29, 0.717) is 5.02 Å². The van der Waals surface area contributed by atoms with Crippen LogP contribution < -0.4 is 0 Å². The minimum Gasteiger partial charge on any atom is -0.480 e. The summed E-state index contributed by atoms with van der Waals surface area (Å²) in [5, 5.41) is 9.99. The largest absolute Gasteiger partial charge is 0.480 e. The molecule has 0 radical (unpaired) electrons. The highest BCUT2D eigenvalue weighted by Gasteiger charge is 2.42. The van der Waals surface area contributed by atoms with Crippen molar-refractivity contribution in [3.05, 3.63) is 29.3 Å². The second-order valence-corrected chi connectivity index (χ2v) is 5.87. The van der Waals surface area contributed by atoms with Crippen LogP contribution in [0.1, 0.15) is 25.7 Å². The molecule has 1 aromatic carbocycles. The molecule has 1 saturated carbocycles. The zero-order valence-electron chi connectivity index (χ0n) is 8.78. The second-order valence-electron chi connectivity index (χ2n) is 4.04. The number of halogens is 1. The number of carboxylic acids is 1. The Balaban J connectivity index is 2.25. The molecule has 16 heavy (non-hydrogen) atoms. The minimum atomic E-state index is -0.713. The monoisotopic (exact) mass is 256 g/mol. The Morgan fingerprint density at radius 1 is 1.31 bits per heavy atom. The molecule has 1 aliphatic rings. The topological polar surface area (TPSA) is 37.3 Å². The van der Waals surface area contributed by atoms with Gasteiger partial charge in [-0.2, -0.15) is 0 Å². The van der Waals surface area contributed by atoms with E-state index in [2.05, 4.69) is 0 Å². The first kappa shape index (κ1) is 11.8.